The van der Waals surface area contributed by atoms with Crippen molar-refractivity contribution in [3.8, 4) is 17.0 Å². The normalized spacial score (nSPS) is 12.0. The van der Waals surface area contributed by atoms with Crippen molar-refractivity contribution in [1.29, 1.82) is 0 Å². The van der Waals surface area contributed by atoms with Gasteiger partial charge < -0.3 is 8.75 Å². The Labute approximate surface area is 158 Å². The molecule has 3 rings (SSSR count). The lowest BCUT2D eigenvalue weighted by Gasteiger charge is -2.18. The summed E-state index contributed by atoms with van der Waals surface area (Å²) in [5.74, 6) is 0.178. The molecule has 0 amide bonds. The van der Waals surface area contributed by atoms with Crippen molar-refractivity contribution in [3.05, 3.63) is 47.7 Å². The first-order chi connectivity index (χ1) is 12.4. The zero-order valence-electron chi connectivity index (χ0n) is 14.8. The second-order valence-electron chi connectivity index (χ2n) is 5.83. The smallest absolute Gasteiger partial charge is 0.369 e. The van der Waals surface area contributed by atoms with E-state index < -0.39 is 10.3 Å². The monoisotopic (exact) mass is 393 g/mol. The van der Waals surface area contributed by atoms with Gasteiger partial charge in [-0.15, -0.1) is 0 Å². The van der Waals surface area contributed by atoms with Crippen molar-refractivity contribution in [1.82, 2.24) is 13.9 Å². The number of nitrogens with zero attached hydrogens (tertiary/aromatic N) is 3. The van der Waals surface area contributed by atoms with Gasteiger partial charge >= 0.3 is 10.3 Å². The van der Waals surface area contributed by atoms with Crippen molar-refractivity contribution >= 4 is 32.8 Å². The van der Waals surface area contributed by atoms with Gasteiger partial charge in [-0.2, -0.15) is 12.7 Å². The molecule has 0 spiro atoms. The molecule has 138 valence electrons. The average molecular weight is 394 g/mol. The molecule has 3 aromatic rings. The Hall–Kier alpha value is -2.09. The maximum Gasteiger partial charge on any atom is 0.385 e. The summed E-state index contributed by atoms with van der Waals surface area (Å²) in [4.78, 5) is 4.14. The van der Waals surface area contributed by atoms with E-state index in [0.29, 0.717) is 18.1 Å². The minimum absolute atomic E-state index is 0.178. The highest BCUT2D eigenvalue weighted by molar-refractivity contribution is 7.84. The van der Waals surface area contributed by atoms with Gasteiger partial charge in [-0.25, -0.2) is 0 Å². The van der Waals surface area contributed by atoms with Crippen LogP contribution in [0.25, 0.3) is 22.2 Å². The molecule has 0 saturated carbocycles. The molecule has 8 heteroatoms. The summed E-state index contributed by atoms with van der Waals surface area (Å²) in [6.07, 6.45) is 3.07. The third-order valence-corrected chi connectivity index (χ3v) is 6.03. The van der Waals surface area contributed by atoms with E-state index in [9.17, 15) is 8.42 Å². The molecule has 0 aliphatic rings. The molecule has 0 saturated heterocycles. The zero-order chi connectivity index (χ0) is 18.9. The standard InChI is InChI=1S/C18H20ClN3O3S/c1-4-22(5-2)26(23,24)25-16-8-14(11-20-12-16)17-9-13-6-7-15(19)10-18(13)21(17)3/h6-12H,4-5H2,1-3H3. The molecule has 0 bridgehead atoms. The number of hydrogen-bond donors (Lipinski definition) is 0. The van der Waals surface area contributed by atoms with Gasteiger partial charge in [0, 0.05) is 47.8 Å². The van der Waals surface area contributed by atoms with Crippen LogP contribution in [0.4, 0.5) is 0 Å². The molecule has 0 atom stereocenters. The highest BCUT2D eigenvalue weighted by Crippen LogP contribution is 2.30. The summed E-state index contributed by atoms with van der Waals surface area (Å²) in [7, 11) is -1.92. The van der Waals surface area contributed by atoms with Gasteiger partial charge in [0.25, 0.3) is 0 Å². The summed E-state index contributed by atoms with van der Waals surface area (Å²) in [5.41, 5.74) is 2.63. The maximum absolute atomic E-state index is 12.3. The van der Waals surface area contributed by atoms with Crippen LogP contribution in [0.1, 0.15) is 13.8 Å². The summed E-state index contributed by atoms with van der Waals surface area (Å²) < 4.78 is 33.1. The third-order valence-electron chi connectivity index (χ3n) is 4.24. The van der Waals surface area contributed by atoms with Gasteiger partial charge in [0.05, 0.1) is 11.9 Å². The molecule has 2 aromatic heterocycles. The Balaban J connectivity index is 1.99. The molecule has 2 heterocycles. The van der Waals surface area contributed by atoms with Crippen LogP contribution in [0, 0.1) is 0 Å². The number of halogens is 1. The van der Waals surface area contributed by atoms with Crippen LogP contribution >= 0.6 is 11.6 Å². The first-order valence-electron chi connectivity index (χ1n) is 8.25. The number of rotatable bonds is 6. The van der Waals surface area contributed by atoms with Gasteiger partial charge in [0.1, 0.15) is 0 Å². The Bertz CT molecular complexity index is 1040. The minimum Gasteiger partial charge on any atom is -0.369 e. The Morgan fingerprint density at radius 2 is 1.88 bits per heavy atom. The predicted octanol–water partition coefficient (Wildman–Crippen LogP) is 3.86. The van der Waals surface area contributed by atoms with Crippen LogP contribution in [0.3, 0.4) is 0 Å². The molecule has 6 nitrogen and oxygen atoms in total. The van der Waals surface area contributed by atoms with E-state index in [-0.39, 0.29) is 5.75 Å². The van der Waals surface area contributed by atoms with Crippen molar-refractivity contribution in [2.75, 3.05) is 13.1 Å². The molecular weight excluding hydrogens is 374 g/mol. The average Bonchev–Trinajstić information content (AvgIpc) is 2.92. The van der Waals surface area contributed by atoms with Crippen molar-refractivity contribution < 1.29 is 12.6 Å². The van der Waals surface area contributed by atoms with E-state index in [1.165, 1.54) is 10.5 Å². The van der Waals surface area contributed by atoms with Crippen LogP contribution in [0.15, 0.2) is 42.7 Å². The zero-order valence-corrected chi connectivity index (χ0v) is 16.4. The predicted molar refractivity (Wildman–Crippen MR) is 104 cm³/mol. The Morgan fingerprint density at radius 1 is 1.15 bits per heavy atom. The number of hydrogen-bond acceptors (Lipinski definition) is 4. The number of aryl methyl sites for hydroxylation is 1. The second kappa shape index (κ2) is 7.26. The van der Waals surface area contributed by atoms with Gasteiger partial charge in [-0.1, -0.05) is 31.5 Å². The Kier molecular flexibility index (Phi) is 5.22. The van der Waals surface area contributed by atoms with E-state index in [1.807, 2.05) is 35.9 Å². The lowest BCUT2D eigenvalue weighted by atomic mass is 10.2. The van der Waals surface area contributed by atoms with Crippen LogP contribution in [0.5, 0.6) is 5.75 Å². The summed E-state index contributed by atoms with van der Waals surface area (Å²) in [5, 5.41) is 1.69. The highest BCUT2D eigenvalue weighted by Gasteiger charge is 2.21. The number of fused-ring (bicyclic) bond motifs is 1. The highest BCUT2D eigenvalue weighted by atomic mass is 35.5. The first kappa shape index (κ1) is 18.7. The fraction of sp³-hybridized carbons (Fsp3) is 0.278. The molecule has 0 fully saturated rings. The van der Waals surface area contributed by atoms with Crippen molar-refractivity contribution in [3.63, 3.8) is 0 Å². The van der Waals surface area contributed by atoms with E-state index in [0.717, 1.165) is 22.2 Å². The molecule has 1 aromatic carbocycles. The van der Waals surface area contributed by atoms with Crippen LogP contribution in [-0.4, -0.2) is 35.4 Å². The minimum atomic E-state index is -3.85. The lowest BCUT2D eigenvalue weighted by molar-refractivity contribution is 0.376. The molecule has 0 aliphatic heterocycles. The molecular formula is C18H20ClN3O3S. The lowest BCUT2D eigenvalue weighted by Crippen LogP contribution is -2.34. The van der Waals surface area contributed by atoms with Crippen molar-refractivity contribution in [2.24, 2.45) is 7.05 Å². The largest absolute Gasteiger partial charge is 0.385 e. The van der Waals surface area contributed by atoms with Gasteiger partial charge in [-0.3, -0.25) is 4.98 Å². The molecule has 0 radical (unpaired) electrons. The van der Waals surface area contributed by atoms with Crippen molar-refractivity contribution in [2.45, 2.75) is 13.8 Å². The topological polar surface area (TPSA) is 64.4 Å². The SMILES string of the molecule is CCN(CC)S(=O)(=O)Oc1cncc(-c2cc3ccc(Cl)cc3n2C)c1. The van der Waals surface area contributed by atoms with Gasteiger partial charge in [-0.05, 0) is 24.3 Å². The quantitative estimate of drug-likeness (QED) is 0.637. The number of benzene rings is 1. The van der Waals surface area contributed by atoms with E-state index in [1.54, 1.807) is 26.1 Å². The molecule has 0 N–H and O–H groups in total. The molecule has 0 aliphatic carbocycles. The van der Waals surface area contributed by atoms with E-state index in [4.69, 9.17) is 15.8 Å². The summed E-state index contributed by atoms with van der Waals surface area (Å²) in [6.45, 7) is 4.21. The summed E-state index contributed by atoms with van der Waals surface area (Å²) in [6, 6.07) is 9.34. The third kappa shape index (κ3) is 3.56. The van der Waals surface area contributed by atoms with Crippen LogP contribution in [0.2, 0.25) is 5.02 Å². The van der Waals surface area contributed by atoms with E-state index >= 15 is 0 Å². The first-order valence-corrected chi connectivity index (χ1v) is 10.00. The molecule has 26 heavy (non-hydrogen) atoms. The van der Waals surface area contributed by atoms with Gasteiger partial charge in [0.2, 0.25) is 0 Å². The summed E-state index contributed by atoms with van der Waals surface area (Å²) >= 11 is 6.08. The molecule has 0 unspecified atom stereocenters. The number of aromatic nitrogens is 2. The fourth-order valence-electron chi connectivity index (χ4n) is 2.90. The van der Waals surface area contributed by atoms with E-state index in [2.05, 4.69) is 4.98 Å². The van der Waals surface area contributed by atoms with Crippen LogP contribution < -0.4 is 4.18 Å². The van der Waals surface area contributed by atoms with Crippen LogP contribution in [-0.2, 0) is 17.4 Å². The Morgan fingerprint density at radius 3 is 2.58 bits per heavy atom. The maximum atomic E-state index is 12.3. The fourth-order valence-corrected chi connectivity index (χ4v) is 4.14. The van der Waals surface area contributed by atoms with Gasteiger partial charge in [0.15, 0.2) is 5.75 Å². The number of pyridine rings is 1. The second-order valence-corrected chi connectivity index (χ2v) is 7.80.